The Balaban J connectivity index is 2.29. The zero-order valence-electron chi connectivity index (χ0n) is 9.01. The van der Waals surface area contributed by atoms with Crippen LogP contribution < -0.4 is 5.32 Å². The molecule has 1 aliphatic rings. The molecule has 1 aliphatic heterocycles. The molecular weight excluding hydrogens is 164 g/mol. The molecule has 1 unspecified atom stereocenters. The molecule has 1 heterocycles. The lowest BCUT2D eigenvalue weighted by Crippen LogP contribution is -2.44. The first-order valence-corrected chi connectivity index (χ1v) is 5.13. The summed E-state index contributed by atoms with van der Waals surface area (Å²) in [7, 11) is 2.08. The minimum absolute atomic E-state index is 0.482. The SMILES string of the molecule is CC(C)CN(C)CC1(O)CCNC1. The molecule has 0 bridgehead atoms. The first-order chi connectivity index (χ1) is 6.02. The predicted octanol–water partition coefficient (Wildman–Crippen LogP) is 0.299. The Morgan fingerprint density at radius 3 is 2.69 bits per heavy atom. The number of nitrogens with zero attached hydrogens (tertiary/aromatic N) is 1. The second kappa shape index (κ2) is 4.40. The summed E-state index contributed by atoms with van der Waals surface area (Å²) >= 11 is 0. The molecule has 0 spiro atoms. The van der Waals surface area contributed by atoms with Gasteiger partial charge in [0.05, 0.1) is 5.60 Å². The maximum Gasteiger partial charge on any atom is 0.0909 e. The van der Waals surface area contributed by atoms with E-state index in [0.29, 0.717) is 5.92 Å². The minimum atomic E-state index is -0.482. The monoisotopic (exact) mass is 186 g/mol. The molecule has 3 heteroatoms. The number of aliphatic hydroxyl groups is 1. The third-order valence-electron chi connectivity index (χ3n) is 2.46. The van der Waals surface area contributed by atoms with Crippen LogP contribution in [-0.4, -0.2) is 48.8 Å². The predicted molar refractivity (Wildman–Crippen MR) is 54.8 cm³/mol. The number of hydrogen-bond acceptors (Lipinski definition) is 3. The third-order valence-corrected chi connectivity index (χ3v) is 2.46. The van der Waals surface area contributed by atoms with E-state index < -0.39 is 5.60 Å². The maximum atomic E-state index is 10.1. The molecule has 1 rings (SSSR count). The van der Waals surface area contributed by atoms with Crippen LogP contribution in [0.1, 0.15) is 20.3 Å². The van der Waals surface area contributed by atoms with E-state index in [1.807, 2.05) is 0 Å². The highest BCUT2D eigenvalue weighted by Gasteiger charge is 2.31. The molecular formula is C10H22N2O. The van der Waals surface area contributed by atoms with Gasteiger partial charge in [-0.2, -0.15) is 0 Å². The molecule has 0 amide bonds. The number of hydrogen-bond donors (Lipinski definition) is 2. The first-order valence-electron chi connectivity index (χ1n) is 5.13. The number of nitrogens with one attached hydrogen (secondary N) is 1. The van der Waals surface area contributed by atoms with E-state index in [1.54, 1.807) is 0 Å². The van der Waals surface area contributed by atoms with Crippen molar-refractivity contribution < 1.29 is 5.11 Å². The quantitative estimate of drug-likeness (QED) is 0.663. The van der Waals surface area contributed by atoms with Crippen LogP contribution in [0.4, 0.5) is 0 Å². The van der Waals surface area contributed by atoms with Crippen molar-refractivity contribution >= 4 is 0 Å². The van der Waals surface area contributed by atoms with E-state index in [9.17, 15) is 5.11 Å². The lowest BCUT2D eigenvalue weighted by atomic mass is 10.0. The van der Waals surface area contributed by atoms with Gasteiger partial charge < -0.3 is 15.3 Å². The van der Waals surface area contributed by atoms with Gasteiger partial charge in [-0.1, -0.05) is 13.8 Å². The van der Waals surface area contributed by atoms with Gasteiger partial charge in [-0.15, -0.1) is 0 Å². The lowest BCUT2D eigenvalue weighted by Gasteiger charge is -2.28. The van der Waals surface area contributed by atoms with E-state index in [-0.39, 0.29) is 0 Å². The summed E-state index contributed by atoms with van der Waals surface area (Å²) in [5.41, 5.74) is -0.482. The van der Waals surface area contributed by atoms with Gasteiger partial charge >= 0.3 is 0 Å². The van der Waals surface area contributed by atoms with Gasteiger partial charge in [0, 0.05) is 19.6 Å². The Morgan fingerprint density at radius 2 is 2.23 bits per heavy atom. The number of β-amino-alcohol motifs (C(OH)–C–C–N with tert-alkyl or cyclic N) is 1. The zero-order valence-corrected chi connectivity index (χ0v) is 9.01. The molecule has 3 nitrogen and oxygen atoms in total. The fraction of sp³-hybridized carbons (Fsp3) is 1.00. The third kappa shape index (κ3) is 3.63. The Morgan fingerprint density at radius 1 is 1.54 bits per heavy atom. The first kappa shape index (κ1) is 11.0. The highest BCUT2D eigenvalue weighted by molar-refractivity contribution is 4.89. The highest BCUT2D eigenvalue weighted by atomic mass is 16.3. The van der Waals surface area contributed by atoms with Crippen LogP contribution in [0.25, 0.3) is 0 Å². The van der Waals surface area contributed by atoms with Crippen LogP contribution in [0, 0.1) is 5.92 Å². The average molecular weight is 186 g/mol. The van der Waals surface area contributed by atoms with Gasteiger partial charge in [0.1, 0.15) is 0 Å². The van der Waals surface area contributed by atoms with Crippen LogP contribution in [0.5, 0.6) is 0 Å². The van der Waals surface area contributed by atoms with Crippen molar-refractivity contribution in [2.45, 2.75) is 25.9 Å². The topological polar surface area (TPSA) is 35.5 Å². The van der Waals surface area contributed by atoms with E-state index in [0.717, 1.165) is 32.6 Å². The summed E-state index contributed by atoms with van der Waals surface area (Å²) in [6, 6.07) is 0. The van der Waals surface area contributed by atoms with Crippen LogP contribution in [-0.2, 0) is 0 Å². The molecule has 1 atom stereocenters. The Bertz CT molecular complexity index is 153. The summed E-state index contributed by atoms with van der Waals surface area (Å²) < 4.78 is 0. The molecule has 0 aliphatic carbocycles. The highest BCUT2D eigenvalue weighted by Crippen LogP contribution is 2.15. The Labute approximate surface area is 81.1 Å². The van der Waals surface area contributed by atoms with Crippen molar-refractivity contribution in [2.75, 3.05) is 33.2 Å². The van der Waals surface area contributed by atoms with Crippen LogP contribution in [0.3, 0.4) is 0 Å². The molecule has 0 aromatic rings. The Hall–Kier alpha value is -0.120. The normalized spacial score (nSPS) is 29.1. The van der Waals surface area contributed by atoms with E-state index >= 15 is 0 Å². The van der Waals surface area contributed by atoms with Gasteiger partial charge in [-0.25, -0.2) is 0 Å². The zero-order chi connectivity index (χ0) is 9.90. The fourth-order valence-corrected chi connectivity index (χ4v) is 2.06. The molecule has 1 saturated heterocycles. The van der Waals surface area contributed by atoms with Gasteiger partial charge in [0.25, 0.3) is 0 Å². The van der Waals surface area contributed by atoms with Crippen LogP contribution in [0.15, 0.2) is 0 Å². The van der Waals surface area contributed by atoms with E-state index in [1.165, 1.54) is 0 Å². The van der Waals surface area contributed by atoms with Gasteiger partial charge in [-0.3, -0.25) is 0 Å². The fourth-order valence-electron chi connectivity index (χ4n) is 2.06. The smallest absolute Gasteiger partial charge is 0.0909 e. The second-order valence-electron chi connectivity index (χ2n) is 4.74. The van der Waals surface area contributed by atoms with Crippen molar-refractivity contribution in [3.05, 3.63) is 0 Å². The van der Waals surface area contributed by atoms with Gasteiger partial charge in [-0.05, 0) is 25.9 Å². The summed E-state index contributed by atoms with van der Waals surface area (Å²) in [5.74, 6) is 0.669. The van der Waals surface area contributed by atoms with E-state index in [4.69, 9.17) is 0 Å². The largest absolute Gasteiger partial charge is 0.387 e. The van der Waals surface area contributed by atoms with Crippen molar-refractivity contribution in [2.24, 2.45) is 5.92 Å². The molecule has 1 fully saturated rings. The molecule has 78 valence electrons. The standard InChI is InChI=1S/C10H22N2O/c1-9(2)6-12(3)8-10(13)4-5-11-7-10/h9,11,13H,4-8H2,1-3H3. The van der Waals surface area contributed by atoms with Gasteiger partial charge in [0.2, 0.25) is 0 Å². The lowest BCUT2D eigenvalue weighted by molar-refractivity contribution is 0.0257. The summed E-state index contributed by atoms with van der Waals surface area (Å²) in [5, 5.41) is 13.3. The Kier molecular flexibility index (Phi) is 3.71. The summed E-state index contributed by atoms with van der Waals surface area (Å²) in [4.78, 5) is 2.22. The van der Waals surface area contributed by atoms with Crippen molar-refractivity contribution in [1.82, 2.24) is 10.2 Å². The van der Waals surface area contributed by atoms with Crippen molar-refractivity contribution in [3.8, 4) is 0 Å². The molecule has 0 aromatic heterocycles. The molecule has 2 N–H and O–H groups in total. The van der Waals surface area contributed by atoms with Crippen LogP contribution in [0.2, 0.25) is 0 Å². The van der Waals surface area contributed by atoms with Crippen molar-refractivity contribution in [3.63, 3.8) is 0 Å². The maximum absolute atomic E-state index is 10.1. The average Bonchev–Trinajstić information content (AvgIpc) is 2.33. The van der Waals surface area contributed by atoms with E-state index in [2.05, 4.69) is 31.1 Å². The molecule has 0 aromatic carbocycles. The minimum Gasteiger partial charge on any atom is -0.387 e. The second-order valence-corrected chi connectivity index (χ2v) is 4.74. The number of likely N-dealkylation sites (N-methyl/N-ethyl adjacent to an activating group) is 1. The van der Waals surface area contributed by atoms with Crippen molar-refractivity contribution in [1.29, 1.82) is 0 Å². The van der Waals surface area contributed by atoms with Crippen LogP contribution >= 0.6 is 0 Å². The molecule has 13 heavy (non-hydrogen) atoms. The molecule has 0 radical (unpaired) electrons. The number of rotatable bonds is 4. The van der Waals surface area contributed by atoms with Gasteiger partial charge in [0.15, 0.2) is 0 Å². The summed E-state index contributed by atoms with van der Waals surface area (Å²) in [6.07, 6.45) is 0.884. The summed E-state index contributed by atoms with van der Waals surface area (Å²) in [6.45, 7) is 7.95. The molecule has 0 saturated carbocycles.